The summed E-state index contributed by atoms with van der Waals surface area (Å²) in [5.41, 5.74) is 7.59. The second-order valence-electron chi connectivity index (χ2n) is 3.29. The fraction of sp³-hybridized carbons (Fsp3) is 0.300. The quantitative estimate of drug-likeness (QED) is 0.813. The van der Waals surface area contributed by atoms with Gasteiger partial charge >= 0.3 is 0 Å². The lowest BCUT2D eigenvalue weighted by atomic mass is 10.2. The van der Waals surface area contributed by atoms with E-state index in [1.807, 2.05) is 12.1 Å². The van der Waals surface area contributed by atoms with E-state index in [4.69, 9.17) is 5.73 Å². The molecule has 0 amide bonds. The Labute approximate surface area is 87.9 Å². The van der Waals surface area contributed by atoms with Crippen molar-refractivity contribution >= 4 is 5.82 Å². The molecule has 0 fully saturated rings. The van der Waals surface area contributed by atoms with E-state index in [-0.39, 0.29) is 0 Å². The minimum atomic E-state index is 0.501. The van der Waals surface area contributed by atoms with Crippen molar-refractivity contribution < 1.29 is 0 Å². The minimum Gasteiger partial charge on any atom is -0.381 e. The van der Waals surface area contributed by atoms with Crippen LogP contribution in [0.5, 0.6) is 0 Å². The number of anilines is 1. The lowest BCUT2D eigenvalue weighted by Crippen LogP contribution is -2.03. The van der Waals surface area contributed by atoms with Gasteiger partial charge in [-0.15, -0.1) is 5.10 Å². The van der Waals surface area contributed by atoms with Crippen molar-refractivity contribution in [2.24, 2.45) is 0 Å². The number of nitrogens with zero attached hydrogens (tertiary/aromatic N) is 4. The Kier molecular flexibility index (Phi) is 2.62. The van der Waals surface area contributed by atoms with E-state index in [2.05, 4.69) is 22.2 Å². The highest BCUT2D eigenvalue weighted by molar-refractivity contribution is 5.39. The van der Waals surface area contributed by atoms with Gasteiger partial charge in [-0.05, 0) is 18.6 Å². The van der Waals surface area contributed by atoms with E-state index in [1.54, 1.807) is 17.1 Å². The summed E-state index contributed by atoms with van der Waals surface area (Å²) >= 11 is 0. The molecule has 15 heavy (non-hydrogen) atoms. The maximum atomic E-state index is 5.75. The maximum Gasteiger partial charge on any atom is 0.169 e. The van der Waals surface area contributed by atoms with E-state index in [0.29, 0.717) is 5.82 Å². The second kappa shape index (κ2) is 4.08. The molecule has 0 aliphatic carbocycles. The highest BCUT2D eigenvalue weighted by Gasteiger charge is 2.10. The Morgan fingerprint density at radius 1 is 1.47 bits per heavy atom. The van der Waals surface area contributed by atoms with E-state index < -0.39 is 0 Å². The third-order valence-corrected chi connectivity index (χ3v) is 2.17. The lowest BCUT2D eigenvalue weighted by Gasteiger charge is -2.04. The number of nitrogen functional groups attached to an aromatic ring is 1. The van der Waals surface area contributed by atoms with Gasteiger partial charge in [0.1, 0.15) is 0 Å². The molecule has 0 bridgehead atoms. The fourth-order valence-electron chi connectivity index (χ4n) is 1.47. The van der Waals surface area contributed by atoms with Crippen LogP contribution in [-0.2, 0) is 6.42 Å². The molecular formula is C10H13N5. The molecule has 2 aromatic rings. The van der Waals surface area contributed by atoms with E-state index in [9.17, 15) is 0 Å². The van der Waals surface area contributed by atoms with Crippen LogP contribution in [0.25, 0.3) is 5.69 Å². The summed E-state index contributed by atoms with van der Waals surface area (Å²) in [5.74, 6) is 0.501. The van der Waals surface area contributed by atoms with Crippen LogP contribution < -0.4 is 5.73 Å². The van der Waals surface area contributed by atoms with E-state index >= 15 is 0 Å². The average molecular weight is 203 g/mol. The van der Waals surface area contributed by atoms with Gasteiger partial charge in [-0.25, -0.2) is 4.68 Å². The zero-order chi connectivity index (χ0) is 10.7. The van der Waals surface area contributed by atoms with E-state index in [1.165, 1.54) is 0 Å². The van der Waals surface area contributed by atoms with Gasteiger partial charge in [0.25, 0.3) is 0 Å². The Morgan fingerprint density at radius 3 is 3.00 bits per heavy atom. The molecule has 0 saturated heterocycles. The number of nitrogens with two attached hydrogens (primary N) is 1. The van der Waals surface area contributed by atoms with Gasteiger partial charge in [-0.1, -0.05) is 18.6 Å². The first-order valence-corrected chi connectivity index (χ1v) is 4.93. The van der Waals surface area contributed by atoms with Crippen LogP contribution >= 0.6 is 0 Å². The van der Waals surface area contributed by atoms with Crippen LogP contribution in [0.2, 0.25) is 0 Å². The van der Waals surface area contributed by atoms with Crippen LogP contribution in [0.15, 0.2) is 24.5 Å². The van der Waals surface area contributed by atoms with Gasteiger partial charge in [-0.3, -0.25) is 4.98 Å². The van der Waals surface area contributed by atoms with Crippen LogP contribution in [0.3, 0.4) is 0 Å². The second-order valence-corrected chi connectivity index (χ2v) is 3.29. The molecule has 0 radical (unpaired) electrons. The monoisotopic (exact) mass is 203 g/mol. The minimum absolute atomic E-state index is 0.501. The standard InChI is InChI=1S/C10H13N5/c1-2-4-9-10(11)13-14-15(9)8-5-3-6-12-7-8/h3,5-7H,2,4,11H2,1H3. The summed E-state index contributed by atoms with van der Waals surface area (Å²) in [7, 11) is 0. The molecule has 5 nitrogen and oxygen atoms in total. The summed E-state index contributed by atoms with van der Waals surface area (Å²) in [5, 5.41) is 7.88. The van der Waals surface area contributed by atoms with Crippen molar-refractivity contribution in [3.63, 3.8) is 0 Å². The average Bonchev–Trinajstić information content (AvgIpc) is 2.63. The molecule has 0 spiro atoms. The van der Waals surface area contributed by atoms with E-state index in [0.717, 1.165) is 24.2 Å². The summed E-state index contributed by atoms with van der Waals surface area (Å²) < 4.78 is 1.74. The van der Waals surface area contributed by atoms with Crippen molar-refractivity contribution in [2.75, 3.05) is 5.73 Å². The van der Waals surface area contributed by atoms with Gasteiger partial charge in [0.2, 0.25) is 0 Å². The SMILES string of the molecule is CCCc1c(N)nnn1-c1cccnc1. The van der Waals surface area contributed by atoms with Gasteiger partial charge in [0.05, 0.1) is 17.6 Å². The summed E-state index contributed by atoms with van der Waals surface area (Å²) in [6.45, 7) is 2.10. The van der Waals surface area contributed by atoms with Crippen LogP contribution in [0.1, 0.15) is 19.0 Å². The molecule has 0 atom stereocenters. The summed E-state index contributed by atoms with van der Waals surface area (Å²) in [6.07, 6.45) is 5.35. The molecule has 5 heteroatoms. The van der Waals surface area contributed by atoms with Crippen LogP contribution in [-0.4, -0.2) is 20.0 Å². The number of hydrogen-bond donors (Lipinski definition) is 1. The van der Waals surface area contributed by atoms with Gasteiger partial charge < -0.3 is 5.73 Å². The number of pyridine rings is 1. The Balaban J connectivity index is 2.44. The zero-order valence-electron chi connectivity index (χ0n) is 8.59. The highest BCUT2D eigenvalue weighted by atomic mass is 15.4. The molecule has 2 rings (SSSR count). The molecule has 0 aliphatic rings. The first-order chi connectivity index (χ1) is 7.33. The lowest BCUT2D eigenvalue weighted by molar-refractivity contribution is 0.743. The van der Waals surface area contributed by atoms with Crippen LogP contribution in [0, 0.1) is 0 Å². The van der Waals surface area contributed by atoms with Crippen molar-refractivity contribution in [3.05, 3.63) is 30.2 Å². The smallest absolute Gasteiger partial charge is 0.169 e. The molecule has 2 heterocycles. The molecule has 0 unspecified atom stereocenters. The molecular weight excluding hydrogens is 190 g/mol. The molecule has 2 aromatic heterocycles. The predicted molar refractivity (Wildman–Crippen MR) is 57.6 cm³/mol. The van der Waals surface area contributed by atoms with Crippen molar-refractivity contribution in [3.8, 4) is 5.69 Å². The summed E-state index contributed by atoms with van der Waals surface area (Å²) in [6, 6.07) is 3.79. The molecule has 0 aromatic carbocycles. The summed E-state index contributed by atoms with van der Waals surface area (Å²) in [4.78, 5) is 4.04. The predicted octanol–water partition coefficient (Wildman–Crippen LogP) is 1.20. The molecule has 0 aliphatic heterocycles. The fourth-order valence-corrected chi connectivity index (χ4v) is 1.47. The van der Waals surface area contributed by atoms with Crippen molar-refractivity contribution in [1.82, 2.24) is 20.0 Å². The Hall–Kier alpha value is -1.91. The molecule has 78 valence electrons. The van der Waals surface area contributed by atoms with Gasteiger partial charge in [-0.2, -0.15) is 0 Å². The number of aromatic nitrogens is 4. The largest absolute Gasteiger partial charge is 0.381 e. The first kappa shape index (κ1) is 9.64. The van der Waals surface area contributed by atoms with Crippen LogP contribution in [0.4, 0.5) is 5.82 Å². The molecule has 0 saturated carbocycles. The zero-order valence-corrected chi connectivity index (χ0v) is 8.59. The normalized spacial score (nSPS) is 10.5. The number of hydrogen-bond acceptors (Lipinski definition) is 4. The van der Waals surface area contributed by atoms with Gasteiger partial charge in [0, 0.05) is 6.20 Å². The third kappa shape index (κ3) is 1.81. The third-order valence-electron chi connectivity index (χ3n) is 2.17. The number of rotatable bonds is 3. The first-order valence-electron chi connectivity index (χ1n) is 4.93. The molecule has 2 N–H and O–H groups in total. The van der Waals surface area contributed by atoms with Crippen molar-refractivity contribution in [1.29, 1.82) is 0 Å². The maximum absolute atomic E-state index is 5.75. The van der Waals surface area contributed by atoms with Crippen molar-refractivity contribution in [2.45, 2.75) is 19.8 Å². The topological polar surface area (TPSA) is 69.6 Å². The highest BCUT2D eigenvalue weighted by Crippen LogP contribution is 2.14. The van der Waals surface area contributed by atoms with Gasteiger partial charge in [0.15, 0.2) is 5.82 Å². The Morgan fingerprint density at radius 2 is 2.33 bits per heavy atom. The Bertz CT molecular complexity index is 434.